The molecule has 1 fully saturated rings. The number of carbonyl (C=O) groups excluding carboxylic acids is 2. The third-order valence-electron chi connectivity index (χ3n) is 4.38. The molecule has 30 heavy (non-hydrogen) atoms. The Labute approximate surface area is 180 Å². The molecule has 0 saturated carbocycles. The molecule has 9 nitrogen and oxygen atoms in total. The first kappa shape index (κ1) is 20.5. The van der Waals surface area contributed by atoms with E-state index in [2.05, 4.69) is 25.2 Å². The number of carbonyl (C=O) groups is 2. The summed E-state index contributed by atoms with van der Waals surface area (Å²) in [6.45, 7) is 2.93. The molecule has 1 saturated heterocycles. The van der Waals surface area contributed by atoms with Crippen molar-refractivity contribution in [2.75, 3.05) is 49.4 Å². The van der Waals surface area contributed by atoms with Crippen molar-refractivity contribution in [1.29, 1.82) is 0 Å². The van der Waals surface area contributed by atoms with Crippen LogP contribution in [-0.2, 0) is 14.3 Å². The quantitative estimate of drug-likeness (QED) is 0.348. The van der Waals surface area contributed by atoms with E-state index in [0.29, 0.717) is 35.1 Å². The van der Waals surface area contributed by atoms with Crippen LogP contribution in [0.2, 0.25) is 0 Å². The molecule has 0 radical (unpaired) electrons. The maximum Gasteiger partial charge on any atom is 0.339 e. The normalized spacial score (nSPS) is 14.0. The molecule has 1 N–H and O–H groups in total. The molecule has 1 aliphatic rings. The summed E-state index contributed by atoms with van der Waals surface area (Å²) in [5.41, 5.74) is 1.34. The van der Waals surface area contributed by atoms with Crippen LogP contribution in [0, 0.1) is 0 Å². The van der Waals surface area contributed by atoms with Gasteiger partial charge in [0.05, 0.1) is 37.3 Å². The van der Waals surface area contributed by atoms with Gasteiger partial charge >= 0.3 is 5.97 Å². The molecule has 0 atom stereocenters. The number of fused-ring (bicyclic) bond motifs is 1. The second-order valence-electron chi connectivity index (χ2n) is 6.30. The first-order valence-corrected chi connectivity index (χ1v) is 11.0. The molecule has 3 heterocycles. The van der Waals surface area contributed by atoms with Crippen molar-refractivity contribution in [2.24, 2.45) is 0 Å². The van der Waals surface area contributed by atoms with E-state index in [1.165, 1.54) is 36.5 Å². The van der Waals surface area contributed by atoms with E-state index >= 15 is 0 Å². The number of nitrogens with one attached hydrogen (secondary N) is 1. The van der Waals surface area contributed by atoms with Gasteiger partial charge in [-0.3, -0.25) is 4.79 Å². The molecule has 3 aromatic rings. The van der Waals surface area contributed by atoms with Gasteiger partial charge in [0.15, 0.2) is 10.8 Å². The molecule has 2 aromatic heterocycles. The molecule has 11 heteroatoms. The number of thioether (sulfide) groups is 1. The topological polar surface area (TPSA) is 107 Å². The average Bonchev–Trinajstić information content (AvgIpc) is 3.23. The van der Waals surface area contributed by atoms with Crippen LogP contribution in [0.25, 0.3) is 10.3 Å². The van der Waals surface area contributed by atoms with Crippen LogP contribution >= 0.6 is 23.1 Å². The van der Waals surface area contributed by atoms with Crippen LogP contribution < -0.4 is 10.2 Å². The molecule has 1 aromatic carbocycles. The fraction of sp³-hybridized carbons (Fsp3) is 0.316. The van der Waals surface area contributed by atoms with E-state index in [1.807, 2.05) is 0 Å². The highest BCUT2D eigenvalue weighted by atomic mass is 32.2. The number of ether oxygens (including phenoxy) is 2. The van der Waals surface area contributed by atoms with Gasteiger partial charge in [-0.2, -0.15) is 4.98 Å². The minimum absolute atomic E-state index is 0.131. The molecule has 156 valence electrons. The van der Waals surface area contributed by atoms with Gasteiger partial charge in [0, 0.05) is 13.1 Å². The number of morpholine rings is 1. The van der Waals surface area contributed by atoms with E-state index in [-0.39, 0.29) is 11.7 Å². The molecule has 1 amide bonds. The van der Waals surface area contributed by atoms with Crippen molar-refractivity contribution in [2.45, 2.75) is 5.03 Å². The SMILES string of the molecule is COC(=O)c1ccccc1NC(=O)CSc1ncnc2nc(N3CCOCC3)sc12. The Hall–Kier alpha value is -2.76. The largest absolute Gasteiger partial charge is 0.465 e. The van der Waals surface area contributed by atoms with Crippen LogP contribution in [-0.4, -0.2) is 66.0 Å². The van der Waals surface area contributed by atoms with Crippen LogP contribution in [0.15, 0.2) is 35.6 Å². The number of anilines is 2. The van der Waals surface area contributed by atoms with Gasteiger partial charge in [-0.15, -0.1) is 0 Å². The third-order valence-corrected chi connectivity index (χ3v) is 6.61. The number of para-hydroxylation sites is 1. The zero-order chi connectivity index (χ0) is 20.9. The van der Waals surface area contributed by atoms with Crippen molar-refractivity contribution in [3.8, 4) is 0 Å². The Bertz CT molecular complexity index is 1070. The summed E-state index contributed by atoms with van der Waals surface area (Å²) in [6.07, 6.45) is 1.46. The number of methoxy groups -OCH3 is 1. The number of rotatable bonds is 6. The average molecular weight is 446 g/mol. The summed E-state index contributed by atoms with van der Waals surface area (Å²) in [5, 5.41) is 4.35. The number of nitrogens with zero attached hydrogens (tertiary/aromatic N) is 4. The van der Waals surface area contributed by atoms with E-state index < -0.39 is 5.97 Å². The predicted molar refractivity (Wildman–Crippen MR) is 115 cm³/mol. The van der Waals surface area contributed by atoms with Crippen molar-refractivity contribution in [3.63, 3.8) is 0 Å². The zero-order valence-corrected chi connectivity index (χ0v) is 17.8. The van der Waals surface area contributed by atoms with E-state index in [9.17, 15) is 9.59 Å². The van der Waals surface area contributed by atoms with Gasteiger partial charge in [0.1, 0.15) is 16.1 Å². The molecule has 0 unspecified atom stereocenters. The summed E-state index contributed by atoms with van der Waals surface area (Å²) in [5.74, 6) is -0.621. The van der Waals surface area contributed by atoms with Gasteiger partial charge in [-0.1, -0.05) is 35.2 Å². The Balaban J connectivity index is 1.45. The Morgan fingerprint density at radius 3 is 2.87 bits per heavy atom. The molecule has 0 spiro atoms. The standard InChI is InChI=1S/C19H19N5O4S2/c1-27-18(26)12-4-2-3-5-13(12)22-14(25)10-29-17-15-16(20-11-21-17)23-19(30-15)24-6-8-28-9-7-24/h2-5,11H,6-10H2,1H3,(H,22,25). The molecule has 0 aliphatic carbocycles. The Morgan fingerprint density at radius 2 is 2.07 bits per heavy atom. The van der Waals surface area contributed by atoms with E-state index in [0.717, 1.165) is 22.9 Å². The summed E-state index contributed by atoms with van der Waals surface area (Å²) >= 11 is 2.82. The highest BCUT2D eigenvalue weighted by Crippen LogP contribution is 2.34. The van der Waals surface area contributed by atoms with Gasteiger partial charge in [0.25, 0.3) is 0 Å². The predicted octanol–water partition coefficient (Wildman–Crippen LogP) is 2.44. The molecular weight excluding hydrogens is 426 g/mol. The maximum absolute atomic E-state index is 12.5. The van der Waals surface area contributed by atoms with Crippen LogP contribution in [0.1, 0.15) is 10.4 Å². The summed E-state index contributed by atoms with van der Waals surface area (Å²) in [4.78, 5) is 39.7. The number of thiazole rings is 1. The molecule has 0 bridgehead atoms. The molecule has 1 aliphatic heterocycles. The lowest BCUT2D eigenvalue weighted by Gasteiger charge is -2.25. The Kier molecular flexibility index (Phi) is 6.41. The van der Waals surface area contributed by atoms with Gasteiger partial charge < -0.3 is 19.7 Å². The lowest BCUT2D eigenvalue weighted by atomic mass is 10.2. The fourth-order valence-corrected chi connectivity index (χ4v) is 4.86. The number of aromatic nitrogens is 3. The smallest absolute Gasteiger partial charge is 0.339 e. The number of esters is 1. The van der Waals surface area contributed by atoms with Crippen molar-refractivity contribution in [3.05, 3.63) is 36.2 Å². The van der Waals surface area contributed by atoms with Crippen LogP contribution in [0.3, 0.4) is 0 Å². The minimum Gasteiger partial charge on any atom is -0.465 e. The third kappa shape index (κ3) is 4.53. The monoisotopic (exact) mass is 445 g/mol. The summed E-state index contributed by atoms with van der Waals surface area (Å²) < 4.78 is 11.0. The second-order valence-corrected chi connectivity index (χ2v) is 8.24. The number of amides is 1. The highest BCUT2D eigenvalue weighted by molar-refractivity contribution is 8.00. The lowest BCUT2D eigenvalue weighted by Crippen LogP contribution is -2.36. The van der Waals surface area contributed by atoms with Crippen molar-refractivity contribution in [1.82, 2.24) is 15.0 Å². The number of hydrogen-bond acceptors (Lipinski definition) is 10. The van der Waals surface area contributed by atoms with Gasteiger partial charge in [-0.25, -0.2) is 14.8 Å². The number of hydrogen-bond donors (Lipinski definition) is 1. The minimum atomic E-state index is -0.503. The summed E-state index contributed by atoms with van der Waals surface area (Å²) in [6, 6.07) is 6.72. The van der Waals surface area contributed by atoms with Gasteiger partial charge in [-0.05, 0) is 12.1 Å². The first-order chi connectivity index (χ1) is 14.7. The molecule has 4 rings (SSSR count). The first-order valence-electron chi connectivity index (χ1n) is 9.20. The van der Waals surface area contributed by atoms with Crippen LogP contribution in [0.4, 0.5) is 10.8 Å². The van der Waals surface area contributed by atoms with Crippen LogP contribution in [0.5, 0.6) is 0 Å². The Morgan fingerprint density at radius 1 is 1.27 bits per heavy atom. The van der Waals surface area contributed by atoms with Gasteiger partial charge in [0.2, 0.25) is 5.91 Å². The maximum atomic E-state index is 12.5. The second kappa shape index (κ2) is 9.37. The fourth-order valence-electron chi connectivity index (χ4n) is 2.92. The lowest BCUT2D eigenvalue weighted by molar-refractivity contribution is -0.113. The van der Waals surface area contributed by atoms with Crippen molar-refractivity contribution < 1.29 is 19.1 Å². The highest BCUT2D eigenvalue weighted by Gasteiger charge is 2.19. The van der Waals surface area contributed by atoms with E-state index in [4.69, 9.17) is 9.47 Å². The number of benzene rings is 1. The van der Waals surface area contributed by atoms with E-state index in [1.54, 1.807) is 24.3 Å². The van der Waals surface area contributed by atoms with Crippen molar-refractivity contribution >= 4 is 56.1 Å². The molecular formula is C19H19N5O4S2. The zero-order valence-electron chi connectivity index (χ0n) is 16.2. The summed E-state index contributed by atoms with van der Waals surface area (Å²) in [7, 11) is 1.30.